The molecule has 1 aliphatic carbocycles. The van der Waals surface area contributed by atoms with Crippen LogP contribution in [0.15, 0.2) is 42.7 Å². The fraction of sp³-hybridized carbons (Fsp3) is 0.375. The van der Waals surface area contributed by atoms with Crippen molar-refractivity contribution in [2.24, 2.45) is 0 Å². The topological polar surface area (TPSA) is 38.1 Å². The van der Waals surface area contributed by atoms with Crippen LogP contribution in [0.1, 0.15) is 24.4 Å². The molecule has 0 atom stereocenters. The Morgan fingerprint density at radius 1 is 1.24 bits per heavy atom. The van der Waals surface area contributed by atoms with E-state index < -0.39 is 5.41 Å². The third-order valence-electron chi connectivity index (χ3n) is 4.60. The number of rotatable bonds is 3. The van der Waals surface area contributed by atoms with E-state index in [4.69, 9.17) is 0 Å². The summed E-state index contributed by atoms with van der Waals surface area (Å²) >= 11 is 0. The van der Waals surface area contributed by atoms with Crippen LogP contribution in [-0.2, 0) is 10.2 Å². The van der Waals surface area contributed by atoms with E-state index in [-0.39, 0.29) is 17.8 Å². The molecule has 1 saturated carbocycles. The molecule has 2 aliphatic rings. The average Bonchev–Trinajstić information content (AvgIpc) is 3.08. The molecule has 1 aliphatic heterocycles. The summed E-state index contributed by atoms with van der Waals surface area (Å²) in [6, 6.07) is 8.53. The van der Waals surface area contributed by atoms with Crippen molar-refractivity contribution in [2.75, 3.05) is 13.1 Å². The number of nitrogens with zero attached hydrogens (tertiary/aromatic N) is 3. The lowest BCUT2D eigenvalue weighted by molar-refractivity contribution is -0.140. The molecule has 1 aromatic heterocycles. The van der Waals surface area contributed by atoms with E-state index in [1.165, 1.54) is 12.1 Å². The van der Waals surface area contributed by atoms with Crippen LogP contribution in [-0.4, -0.2) is 33.7 Å². The van der Waals surface area contributed by atoms with Crippen LogP contribution in [0.25, 0.3) is 0 Å². The van der Waals surface area contributed by atoms with Crippen molar-refractivity contribution in [3.05, 3.63) is 54.1 Å². The number of amides is 1. The summed E-state index contributed by atoms with van der Waals surface area (Å²) < 4.78 is 14.9. The highest BCUT2D eigenvalue weighted by molar-refractivity contribution is 5.91. The summed E-state index contributed by atoms with van der Waals surface area (Å²) in [7, 11) is 0. The van der Waals surface area contributed by atoms with Gasteiger partial charge in [0.05, 0.1) is 11.5 Å². The molecule has 5 heteroatoms. The maximum atomic E-state index is 13.0. The van der Waals surface area contributed by atoms with Crippen LogP contribution < -0.4 is 0 Å². The fourth-order valence-corrected chi connectivity index (χ4v) is 3.11. The van der Waals surface area contributed by atoms with Gasteiger partial charge < -0.3 is 4.90 Å². The zero-order chi connectivity index (χ0) is 14.4. The second kappa shape index (κ2) is 4.41. The van der Waals surface area contributed by atoms with Crippen LogP contribution in [0.3, 0.4) is 0 Å². The second-order valence-electron chi connectivity index (χ2n) is 5.94. The van der Waals surface area contributed by atoms with Crippen LogP contribution >= 0.6 is 0 Å². The Morgan fingerprint density at radius 2 is 1.95 bits per heavy atom. The third-order valence-corrected chi connectivity index (χ3v) is 4.60. The van der Waals surface area contributed by atoms with E-state index in [1.54, 1.807) is 18.3 Å². The van der Waals surface area contributed by atoms with Gasteiger partial charge in [-0.1, -0.05) is 12.1 Å². The molecule has 1 aromatic carbocycles. The molecular weight excluding hydrogens is 269 g/mol. The quantitative estimate of drug-likeness (QED) is 0.866. The molecular formula is C16H16FN3O. The van der Waals surface area contributed by atoms with E-state index in [0.717, 1.165) is 18.4 Å². The van der Waals surface area contributed by atoms with Crippen molar-refractivity contribution in [2.45, 2.75) is 24.3 Å². The Labute approximate surface area is 122 Å². The third kappa shape index (κ3) is 1.95. The van der Waals surface area contributed by atoms with Crippen LogP contribution in [0.2, 0.25) is 0 Å². The standard InChI is InChI=1S/C16H16FN3O/c17-13-4-2-12(3-5-13)16(6-7-16)15(21)19-10-14(11-19)20-9-1-8-18-20/h1-5,8-9,14H,6-7,10-11H2. The van der Waals surface area contributed by atoms with Gasteiger partial charge >= 0.3 is 0 Å². The molecule has 1 saturated heterocycles. The zero-order valence-corrected chi connectivity index (χ0v) is 11.6. The fourth-order valence-electron chi connectivity index (χ4n) is 3.11. The molecule has 0 unspecified atom stereocenters. The van der Waals surface area contributed by atoms with Gasteiger partial charge in [-0.2, -0.15) is 5.10 Å². The predicted molar refractivity (Wildman–Crippen MR) is 75.2 cm³/mol. The largest absolute Gasteiger partial charge is 0.337 e. The monoisotopic (exact) mass is 285 g/mol. The molecule has 1 amide bonds. The summed E-state index contributed by atoms with van der Waals surface area (Å²) in [6.45, 7) is 1.42. The number of hydrogen-bond donors (Lipinski definition) is 0. The highest BCUT2D eigenvalue weighted by Gasteiger charge is 2.54. The predicted octanol–water partition coefficient (Wildman–Crippen LogP) is 2.14. The van der Waals surface area contributed by atoms with Gasteiger partial charge in [-0.25, -0.2) is 4.39 Å². The summed E-state index contributed by atoms with van der Waals surface area (Å²) in [6.07, 6.45) is 5.41. The van der Waals surface area contributed by atoms with Crippen LogP contribution in [0, 0.1) is 5.82 Å². The Hall–Kier alpha value is -2.17. The molecule has 2 aromatic rings. The molecule has 4 rings (SSSR count). The highest BCUT2D eigenvalue weighted by Crippen LogP contribution is 2.50. The minimum atomic E-state index is -0.400. The molecule has 21 heavy (non-hydrogen) atoms. The Morgan fingerprint density at radius 3 is 2.52 bits per heavy atom. The molecule has 2 heterocycles. The summed E-state index contributed by atoms with van der Waals surface area (Å²) in [5, 5.41) is 4.21. The maximum absolute atomic E-state index is 13.0. The van der Waals surface area contributed by atoms with E-state index >= 15 is 0 Å². The summed E-state index contributed by atoms with van der Waals surface area (Å²) in [5.74, 6) is -0.0813. The Bertz CT molecular complexity index is 655. The molecule has 0 radical (unpaired) electrons. The first-order valence-corrected chi connectivity index (χ1v) is 7.24. The van der Waals surface area contributed by atoms with Crippen LogP contribution in [0.5, 0.6) is 0 Å². The first kappa shape index (κ1) is 12.6. The van der Waals surface area contributed by atoms with Gasteiger partial charge in [0.2, 0.25) is 5.91 Å². The van der Waals surface area contributed by atoms with Gasteiger partial charge in [0.15, 0.2) is 0 Å². The van der Waals surface area contributed by atoms with Crippen molar-refractivity contribution in [3.63, 3.8) is 0 Å². The highest BCUT2D eigenvalue weighted by atomic mass is 19.1. The van der Waals surface area contributed by atoms with Crippen molar-refractivity contribution in [1.82, 2.24) is 14.7 Å². The second-order valence-corrected chi connectivity index (χ2v) is 5.94. The number of carbonyl (C=O) groups excluding carboxylic acids is 1. The minimum Gasteiger partial charge on any atom is -0.337 e. The van der Waals surface area contributed by atoms with Crippen molar-refractivity contribution < 1.29 is 9.18 Å². The van der Waals surface area contributed by atoms with Gasteiger partial charge in [0, 0.05) is 25.5 Å². The normalized spacial score (nSPS) is 20.1. The average molecular weight is 285 g/mol. The lowest BCUT2D eigenvalue weighted by Crippen LogP contribution is -2.54. The molecule has 4 nitrogen and oxygen atoms in total. The zero-order valence-electron chi connectivity index (χ0n) is 11.6. The van der Waals surface area contributed by atoms with Crippen molar-refractivity contribution >= 4 is 5.91 Å². The van der Waals surface area contributed by atoms with Gasteiger partial charge in [-0.15, -0.1) is 0 Å². The number of carbonyl (C=O) groups is 1. The van der Waals surface area contributed by atoms with E-state index in [2.05, 4.69) is 5.10 Å². The van der Waals surface area contributed by atoms with Crippen LogP contribution in [0.4, 0.5) is 4.39 Å². The smallest absolute Gasteiger partial charge is 0.233 e. The summed E-state index contributed by atoms with van der Waals surface area (Å²) in [5.41, 5.74) is 0.541. The van der Waals surface area contributed by atoms with Gasteiger partial charge in [-0.05, 0) is 36.6 Å². The number of likely N-dealkylation sites (tertiary alicyclic amines) is 1. The molecule has 0 spiro atoms. The number of hydrogen-bond acceptors (Lipinski definition) is 2. The summed E-state index contributed by atoms with van der Waals surface area (Å²) in [4.78, 5) is 14.6. The molecule has 0 bridgehead atoms. The Kier molecular flexibility index (Phi) is 2.64. The number of benzene rings is 1. The van der Waals surface area contributed by atoms with E-state index in [9.17, 15) is 9.18 Å². The van der Waals surface area contributed by atoms with E-state index in [0.29, 0.717) is 13.1 Å². The van der Waals surface area contributed by atoms with Gasteiger partial charge in [0.1, 0.15) is 5.82 Å². The lowest BCUT2D eigenvalue weighted by Gasteiger charge is -2.41. The lowest BCUT2D eigenvalue weighted by atomic mass is 9.92. The maximum Gasteiger partial charge on any atom is 0.233 e. The molecule has 2 fully saturated rings. The van der Waals surface area contributed by atoms with Gasteiger partial charge in [0.25, 0.3) is 0 Å². The first-order chi connectivity index (χ1) is 10.2. The number of halogens is 1. The van der Waals surface area contributed by atoms with Crippen molar-refractivity contribution in [3.8, 4) is 0 Å². The number of aromatic nitrogens is 2. The minimum absolute atomic E-state index is 0.178. The van der Waals surface area contributed by atoms with Crippen molar-refractivity contribution in [1.29, 1.82) is 0 Å². The van der Waals surface area contributed by atoms with E-state index in [1.807, 2.05) is 21.8 Å². The SMILES string of the molecule is O=C(N1CC(n2cccn2)C1)C1(c2ccc(F)cc2)CC1. The molecule has 108 valence electrons. The first-order valence-electron chi connectivity index (χ1n) is 7.24. The van der Waals surface area contributed by atoms with Gasteiger partial charge in [-0.3, -0.25) is 9.48 Å². The Balaban J connectivity index is 1.47. The molecule has 0 N–H and O–H groups in total.